The van der Waals surface area contributed by atoms with Crippen LogP contribution in [0.5, 0.6) is 0 Å². The fourth-order valence-electron chi connectivity index (χ4n) is 1.29. The molecule has 0 saturated heterocycles. The minimum Gasteiger partial charge on any atom is -0.370 e. The predicted octanol–water partition coefficient (Wildman–Crippen LogP) is -0.470. The van der Waals surface area contributed by atoms with Gasteiger partial charge >= 0.3 is 0 Å². The van der Waals surface area contributed by atoms with Crippen LogP contribution in [-0.4, -0.2) is 48.1 Å². The molecule has 0 aromatic carbocycles. The first kappa shape index (κ1) is 15.8. The molecule has 1 rings (SSSR count). The molecule has 4 N–H and O–H groups in total. The molecule has 0 saturated carbocycles. The highest BCUT2D eigenvalue weighted by atomic mass is 16.5. The van der Waals surface area contributed by atoms with Gasteiger partial charge in [0.05, 0.1) is 19.0 Å². The topological polar surface area (TPSA) is 119 Å². The van der Waals surface area contributed by atoms with E-state index in [9.17, 15) is 9.59 Å². The summed E-state index contributed by atoms with van der Waals surface area (Å²) in [5, 5.41) is 5.66. The number of aromatic nitrogens is 2. The molecule has 0 aliphatic rings. The Morgan fingerprint density at radius 2 is 2.10 bits per heavy atom. The highest BCUT2D eigenvalue weighted by Gasteiger charge is 2.07. The molecule has 20 heavy (non-hydrogen) atoms. The van der Waals surface area contributed by atoms with Gasteiger partial charge in [0.2, 0.25) is 5.91 Å². The van der Waals surface area contributed by atoms with E-state index in [0.29, 0.717) is 5.82 Å². The minimum atomic E-state index is -0.544. The first-order valence-corrected chi connectivity index (χ1v) is 6.33. The molecular weight excluding hydrogens is 262 g/mol. The molecule has 1 aromatic rings. The summed E-state index contributed by atoms with van der Waals surface area (Å²) in [7, 11) is 0. The number of amides is 2. The molecule has 0 aliphatic carbocycles. The maximum atomic E-state index is 11.7. The van der Waals surface area contributed by atoms with Gasteiger partial charge in [0.1, 0.15) is 18.1 Å². The lowest BCUT2D eigenvalue weighted by atomic mass is 10.4. The summed E-state index contributed by atoms with van der Waals surface area (Å²) >= 11 is 0. The molecule has 0 aliphatic heterocycles. The van der Waals surface area contributed by atoms with Gasteiger partial charge in [-0.25, -0.2) is 9.97 Å². The van der Waals surface area contributed by atoms with Gasteiger partial charge in [-0.3, -0.25) is 9.59 Å². The molecule has 0 radical (unpaired) electrons. The molecule has 0 spiro atoms. The fraction of sp³-hybridized carbons (Fsp3) is 0.500. The summed E-state index contributed by atoms with van der Waals surface area (Å²) < 4.78 is 4.91. The zero-order valence-corrected chi connectivity index (χ0v) is 11.4. The van der Waals surface area contributed by atoms with Gasteiger partial charge in [-0.05, 0) is 6.42 Å². The smallest absolute Gasteiger partial charge is 0.271 e. The van der Waals surface area contributed by atoms with E-state index in [-0.39, 0.29) is 31.4 Å². The lowest BCUT2D eigenvalue weighted by Crippen LogP contribution is -2.29. The number of hydrogen-bond acceptors (Lipinski definition) is 6. The van der Waals surface area contributed by atoms with Crippen molar-refractivity contribution >= 4 is 17.6 Å². The van der Waals surface area contributed by atoms with Crippen LogP contribution in [0.25, 0.3) is 0 Å². The van der Waals surface area contributed by atoms with Gasteiger partial charge in [0, 0.05) is 13.1 Å². The molecule has 0 unspecified atom stereocenters. The van der Waals surface area contributed by atoms with Crippen molar-refractivity contribution < 1.29 is 14.3 Å². The normalized spacial score (nSPS) is 10.1. The van der Waals surface area contributed by atoms with Gasteiger partial charge in [0.25, 0.3) is 5.91 Å². The van der Waals surface area contributed by atoms with Crippen LogP contribution in [0.2, 0.25) is 0 Å². The number of nitrogens with zero attached hydrogens (tertiary/aromatic N) is 2. The number of ether oxygens (including phenoxy) is 1. The van der Waals surface area contributed by atoms with Crippen LogP contribution >= 0.6 is 0 Å². The van der Waals surface area contributed by atoms with Crippen LogP contribution in [-0.2, 0) is 9.53 Å². The van der Waals surface area contributed by atoms with Crippen LogP contribution < -0.4 is 16.4 Å². The first-order valence-electron chi connectivity index (χ1n) is 6.33. The highest BCUT2D eigenvalue weighted by molar-refractivity contribution is 5.91. The van der Waals surface area contributed by atoms with Gasteiger partial charge in [-0.1, -0.05) is 6.92 Å². The average Bonchev–Trinajstić information content (AvgIpc) is 2.44. The number of primary amides is 1. The van der Waals surface area contributed by atoms with E-state index < -0.39 is 5.91 Å². The molecule has 8 nitrogen and oxygen atoms in total. The maximum absolute atomic E-state index is 11.7. The van der Waals surface area contributed by atoms with E-state index in [2.05, 4.69) is 20.6 Å². The summed E-state index contributed by atoms with van der Waals surface area (Å²) in [6.45, 7) is 3.16. The number of carbonyl (C=O) groups is 2. The molecule has 0 atom stereocenters. The van der Waals surface area contributed by atoms with Crippen molar-refractivity contribution in [3.8, 4) is 0 Å². The largest absolute Gasteiger partial charge is 0.370 e. The molecule has 1 heterocycles. The molecule has 0 bridgehead atoms. The van der Waals surface area contributed by atoms with Crippen molar-refractivity contribution in [2.45, 2.75) is 13.3 Å². The van der Waals surface area contributed by atoms with Gasteiger partial charge in [0.15, 0.2) is 0 Å². The monoisotopic (exact) mass is 281 g/mol. The molecule has 1 aromatic heterocycles. The van der Waals surface area contributed by atoms with Crippen molar-refractivity contribution in [1.82, 2.24) is 15.3 Å². The van der Waals surface area contributed by atoms with E-state index in [4.69, 9.17) is 10.5 Å². The van der Waals surface area contributed by atoms with E-state index in [0.717, 1.165) is 13.0 Å². The van der Waals surface area contributed by atoms with Crippen molar-refractivity contribution in [2.75, 3.05) is 31.6 Å². The van der Waals surface area contributed by atoms with Crippen molar-refractivity contribution in [1.29, 1.82) is 0 Å². The van der Waals surface area contributed by atoms with Gasteiger partial charge in [-0.2, -0.15) is 0 Å². The van der Waals surface area contributed by atoms with E-state index in [1.54, 1.807) is 0 Å². The third-order valence-electron chi connectivity index (χ3n) is 2.22. The molecule has 0 fully saturated rings. The lowest BCUT2D eigenvalue weighted by molar-refractivity contribution is -0.122. The van der Waals surface area contributed by atoms with Crippen LogP contribution in [0.4, 0.5) is 5.82 Å². The third kappa shape index (κ3) is 6.10. The van der Waals surface area contributed by atoms with Crippen molar-refractivity contribution in [3.63, 3.8) is 0 Å². The number of nitrogens with one attached hydrogen (secondary N) is 2. The highest BCUT2D eigenvalue weighted by Crippen LogP contribution is 2.00. The summed E-state index contributed by atoms with van der Waals surface area (Å²) in [5.74, 6) is -0.257. The number of nitrogens with two attached hydrogens (primary N) is 1. The Morgan fingerprint density at radius 1 is 1.30 bits per heavy atom. The summed E-state index contributed by atoms with van der Waals surface area (Å²) in [6, 6.07) is 0. The molecular formula is C12H19N5O3. The second-order valence-corrected chi connectivity index (χ2v) is 3.99. The third-order valence-corrected chi connectivity index (χ3v) is 2.22. The Bertz CT molecular complexity index is 435. The minimum absolute atomic E-state index is 0.159. The second kappa shape index (κ2) is 8.81. The Balaban J connectivity index is 2.30. The van der Waals surface area contributed by atoms with Crippen molar-refractivity contribution in [3.05, 3.63) is 18.1 Å². The zero-order valence-electron chi connectivity index (χ0n) is 11.4. The van der Waals surface area contributed by atoms with Crippen LogP contribution in [0.15, 0.2) is 12.4 Å². The molecule has 2 amide bonds. The van der Waals surface area contributed by atoms with E-state index in [1.165, 1.54) is 12.4 Å². The van der Waals surface area contributed by atoms with E-state index >= 15 is 0 Å². The summed E-state index contributed by atoms with van der Waals surface area (Å²) in [4.78, 5) is 30.2. The Hall–Kier alpha value is -2.22. The second-order valence-electron chi connectivity index (χ2n) is 3.99. The average molecular weight is 281 g/mol. The fourth-order valence-corrected chi connectivity index (χ4v) is 1.29. The number of anilines is 1. The van der Waals surface area contributed by atoms with Crippen LogP contribution in [0.1, 0.15) is 23.8 Å². The predicted molar refractivity (Wildman–Crippen MR) is 73.2 cm³/mol. The quantitative estimate of drug-likeness (QED) is 0.526. The number of hydrogen-bond donors (Lipinski definition) is 3. The van der Waals surface area contributed by atoms with Gasteiger partial charge in [-0.15, -0.1) is 0 Å². The number of carbonyl (C=O) groups excluding carboxylic acids is 2. The Labute approximate surface area is 117 Å². The Kier molecular flexibility index (Phi) is 6.97. The maximum Gasteiger partial charge on any atom is 0.271 e. The standard InChI is InChI=1S/C12H19N5O3/c1-2-3-14-11-7-16-9(6-17-11)12(19)15-4-5-20-8-10(13)18/h6-7H,2-5,8H2,1H3,(H2,13,18)(H,14,17)(H,15,19). The first-order chi connectivity index (χ1) is 9.63. The van der Waals surface area contributed by atoms with E-state index in [1.807, 2.05) is 6.92 Å². The molecule has 8 heteroatoms. The van der Waals surface area contributed by atoms with Crippen LogP contribution in [0, 0.1) is 0 Å². The number of rotatable bonds is 9. The summed E-state index contributed by atoms with van der Waals surface area (Å²) in [6.07, 6.45) is 3.89. The lowest BCUT2D eigenvalue weighted by Gasteiger charge is -2.06. The zero-order chi connectivity index (χ0) is 14.8. The molecule has 110 valence electrons. The SMILES string of the molecule is CCCNc1cnc(C(=O)NCCOCC(N)=O)cn1. The Morgan fingerprint density at radius 3 is 2.70 bits per heavy atom. The van der Waals surface area contributed by atoms with Gasteiger partial charge < -0.3 is 21.1 Å². The van der Waals surface area contributed by atoms with Crippen molar-refractivity contribution in [2.24, 2.45) is 5.73 Å². The summed E-state index contributed by atoms with van der Waals surface area (Å²) in [5.41, 5.74) is 5.12. The van der Waals surface area contributed by atoms with Crippen LogP contribution in [0.3, 0.4) is 0 Å².